The van der Waals surface area contributed by atoms with E-state index in [1.54, 1.807) is 0 Å². The Bertz CT molecular complexity index is 431. The number of rotatable bonds is 4. The van der Waals surface area contributed by atoms with Gasteiger partial charge in [0.15, 0.2) is 0 Å². The molecule has 1 aromatic rings. The molecule has 1 aromatic carbocycles. The molecule has 2 N–H and O–H groups in total. The van der Waals surface area contributed by atoms with Crippen LogP contribution >= 0.6 is 0 Å². The first-order valence-electron chi connectivity index (χ1n) is 7.22. The first-order valence-corrected chi connectivity index (χ1v) is 7.22. The van der Waals surface area contributed by atoms with E-state index in [1.807, 2.05) is 4.90 Å². The first kappa shape index (κ1) is 14.1. The Morgan fingerprint density at radius 1 is 1.47 bits per heavy atom. The molecule has 0 saturated carbocycles. The molecule has 104 valence electrons. The van der Waals surface area contributed by atoms with Gasteiger partial charge in [0.05, 0.1) is 0 Å². The molecular formula is C16H24N2O. The maximum absolute atomic E-state index is 12.2. The van der Waals surface area contributed by atoms with Crippen LogP contribution in [0.1, 0.15) is 30.4 Å². The summed E-state index contributed by atoms with van der Waals surface area (Å²) < 4.78 is 0. The summed E-state index contributed by atoms with van der Waals surface area (Å²) in [7, 11) is 0. The van der Waals surface area contributed by atoms with Gasteiger partial charge < -0.3 is 10.6 Å². The van der Waals surface area contributed by atoms with Gasteiger partial charge in [0.1, 0.15) is 0 Å². The van der Waals surface area contributed by atoms with Gasteiger partial charge in [-0.2, -0.15) is 0 Å². The molecule has 0 aliphatic carbocycles. The van der Waals surface area contributed by atoms with Crippen LogP contribution in [0.25, 0.3) is 0 Å². The summed E-state index contributed by atoms with van der Waals surface area (Å²) >= 11 is 0. The molecule has 1 fully saturated rings. The molecule has 0 aromatic heterocycles. The van der Waals surface area contributed by atoms with Gasteiger partial charge in [0, 0.05) is 19.5 Å². The summed E-state index contributed by atoms with van der Waals surface area (Å²) in [4.78, 5) is 14.2. The molecule has 2 rings (SSSR count). The topological polar surface area (TPSA) is 46.3 Å². The molecule has 0 bridgehead atoms. The minimum Gasteiger partial charge on any atom is -0.342 e. The van der Waals surface area contributed by atoms with Crippen molar-refractivity contribution in [3.63, 3.8) is 0 Å². The van der Waals surface area contributed by atoms with Gasteiger partial charge in [-0.3, -0.25) is 4.79 Å². The Labute approximate surface area is 115 Å². The molecule has 1 amide bonds. The van der Waals surface area contributed by atoms with Crippen molar-refractivity contribution in [3.8, 4) is 0 Å². The molecule has 3 nitrogen and oxygen atoms in total. The number of piperidine rings is 1. The summed E-state index contributed by atoms with van der Waals surface area (Å²) in [6, 6.07) is 8.40. The van der Waals surface area contributed by atoms with Crippen LogP contribution < -0.4 is 5.73 Å². The number of aryl methyl sites for hydroxylation is 2. The zero-order valence-electron chi connectivity index (χ0n) is 11.8. The highest BCUT2D eigenvalue weighted by atomic mass is 16.2. The van der Waals surface area contributed by atoms with E-state index in [4.69, 9.17) is 5.73 Å². The van der Waals surface area contributed by atoms with Crippen molar-refractivity contribution < 1.29 is 4.79 Å². The third kappa shape index (κ3) is 4.06. The van der Waals surface area contributed by atoms with Crippen molar-refractivity contribution in [2.75, 3.05) is 19.6 Å². The summed E-state index contributed by atoms with van der Waals surface area (Å²) in [5.41, 5.74) is 8.22. The lowest BCUT2D eigenvalue weighted by Crippen LogP contribution is -2.42. The number of nitrogens with zero attached hydrogens (tertiary/aromatic N) is 1. The first-order chi connectivity index (χ1) is 9.19. The van der Waals surface area contributed by atoms with E-state index in [2.05, 4.69) is 31.2 Å². The smallest absolute Gasteiger partial charge is 0.222 e. The highest BCUT2D eigenvalue weighted by Crippen LogP contribution is 2.17. The number of hydrogen-bond donors (Lipinski definition) is 1. The van der Waals surface area contributed by atoms with E-state index in [0.29, 0.717) is 18.9 Å². The zero-order chi connectivity index (χ0) is 13.7. The number of amides is 1. The van der Waals surface area contributed by atoms with Crippen LogP contribution in [0.4, 0.5) is 0 Å². The van der Waals surface area contributed by atoms with Gasteiger partial charge in [0.25, 0.3) is 0 Å². The molecule has 1 unspecified atom stereocenters. The number of benzene rings is 1. The number of carbonyl (C=O) groups is 1. The molecule has 1 aliphatic rings. The monoisotopic (exact) mass is 260 g/mol. The maximum Gasteiger partial charge on any atom is 0.222 e. The van der Waals surface area contributed by atoms with Crippen molar-refractivity contribution in [1.29, 1.82) is 0 Å². The summed E-state index contributed by atoms with van der Waals surface area (Å²) in [6.45, 7) is 4.54. The Balaban J connectivity index is 1.84. The average Bonchev–Trinajstić information content (AvgIpc) is 2.45. The number of hydrogen-bond acceptors (Lipinski definition) is 2. The quantitative estimate of drug-likeness (QED) is 0.901. The molecule has 0 spiro atoms. The second kappa shape index (κ2) is 6.71. The van der Waals surface area contributed by atoms with Gasteiger partial charge in [-0.15, -0.1) is 0 Å². The summed E-state index contributed by atoms with van der Waals surface area (Å²) in [6.07, 6.45) is 3.71. The standard InChI is InChI=1S/C16H24N2O/c1-13-4-2-5-14(10-13)7-8-16(19)18-9-3-6-15(11-17)12-18/h2,4-5,10,15H,3,6-9,11-12,17H2,1H3. The fourth-order valence-electron chi connectivity index (χ4n) is 2.76. The largest absolute Gasteiger partial charge is 0.342 e. The molecule has 1 heterocycles. The summed E-state index contributed by atoms with van der Waals surface area (Å²) in [5.74, 6) is 0.774. The fraction of sp³-hybridized carbons (Fsp3) is 0.562. The summed E-state index contributed by atoms with van der Waals surface area (Å²) in [5, 5.41) is 0. The molecule has 1 saturated heterocycles. The SMILES string of the molecule is Cc1cccc(CCC(=O)N2CCCC(CN)C2)c1. The van der Waals surface area contributed by atoms with Crippen LogP contribution in [0, 0.1) is 12.8 Å². The van der Waals surface area contributed by atoms with Gasteiger partial charge in [-0.1, -0.05) is 29.8 Å². The van der Waals surface area contributed by atoms with E-state index in [-0.39, 0.29) is 5.91 Å². The Kier molecular flexibility index (Phi) is 4.97. The van der Waals surface area contributed by atoms with Crippen molar-refractivity contribution in [1.82, 2.24) is 4.90 Å². The third-order valence-electron chi connectivity index (χ3n) is 3.92. The number of carbonyl (C=O) groups excluding carboxylic acids is 1. The van der Waals surface area contributed by atoms with Crippen LogP contribution in [0.5, 0.6) is 0 Å². The second-order valence-corrected chi connectivity index (χ2v) is 5.57. The van der Waals surface area contributed by atoms with E-state index in [9.17, 15) is 4.79 Å². The van der Waals surface area contributed by atoms with Crippen LogP contribution in [-0.2, 0) is 11.2 Å². The maximum atomic E-state index is 12.2. The van der Waals surface area contributed by atoms with Crippen LogP contribution in [0.15, 0.2) is 24.3 Å². The van der Waals surface area contributed by atoms with Crippen molar-refractivity contribution in [2.45, 2.75) is 32.6 Å². The molecule has 19 heavy (non-hydrogen) atoms. The molecule has 1 aliphatic heterocycles. The molecule has 0 radical (unpaired) electrons. The Hall–Kier alpha value is -1.35. The predicted molar refractivity (Wildman–Crippen MR) is 77.9 cm³/mol. The van der Waals surface area contributed by atoms with Gasteiger partial charge in [-0.05, 0) is 44.2 Å². The van der Waals surface area contributed by atoms with Crippen molar-refractivity contribution in [3.05, 3.63) is 35.4 Å². The Morgan fingerprint density at radius 3 is 3.05 bits per heavy atom. The predicted octanol–water partition coefficient (Wildman–Crippen LogP) is 2.12. The second-order valence-electron chi connectivity index (χ2n) is 5.57. The van der Waals surface area contributed by atoms with Crippen molar-refractivity contribution >= 4 is 5.91 Å². The third-order valence-corrected chi connectivity index (χ3v) is 3.92. The zero-order valence-corrected chi connectivity index (χ0v) is 11.8. The number of nitrogens with two attached hydrogens (primary N) is 1. The van der Waals surface area contributed by atoms with Gasteiger partial charge in [-0.25, -0.2) is 0 Å². The van der Waals surface area contributed by atoms with Gasteiger partial charge in [0.2, 0.25) is 5.91 Å². The van der Waals surface area contributed by atoms with Gasteiger partial charge >= 0.3 is 0 Å². The lowest BCUT2D eigenvalue weighted by Gasteiger charge is -2.32. The molecule has 3 heteroatoms. The van der Waals surface area contributed by atoms with Crippen LogP contribution in [-0.4, -0.2) is 30.4 Å². The van der Waals surface area contributed by atoms with Crippen LogP contribution in [0.2, 0.25) is 0 Å². The minimum atomic E-state index is 0.277. The number of likely N-dealkylation sites (tertiary alicyclic amines) is 1. The lowest BCUT2D eigenvalue weighted by molar-refractivity contribution is -0.132. The molecule has 1 atom stereocenters. The van der Waals surface area contributed by atoms with Crippen molar-refractivity contribution in [2.24, 2.45) is 11.7 Å². The lowest BCUT2D eigenvalue weighted by atomic mass is 9.97. The highest BCUT2D eigenvalue weighted by molar-refractivity contribution is 5.76. The fourth-order valence-corrected chi connectivity index (χ4v) is 2.76. The van der Waals surface area contributed by atoms with E-state index in [0.717, 1.165) is 32.4 Å². The van der Waals surface area contributed by atoms with E-state index < -0.39 is 0 Å². The van der Waals surface area contributed by atoms with E-state index >= 15 is 0 Å². The molecular weight excluding hydrogens is 236 g/mol. The normalized spacial score (nSPS) is 19.5. The average molecular weight is 260 g/mol. The highest BCUT2D eigenvalue weighted by Gasteiger charge is 2.22. The Morgan fingerprint density at radius 2 is 2.32 bits per heavy atom. The van der Waals surface area contributed by atoms with E-state index in [1.165, 1.54) is 11.1 Å². The van der Waals surface area contributed by atoms with Crippen LogP contribution in [0.3, 0.4) is 0 Å². The minimum absolute atomic E-state index is 0.277.